The Kier molecular flexibility index (Phi) is 9.02. The van der Waals surface area contributed by atoms with Crippen molar-refractivity contribution in [3.63, 3.8) is 0 Å². The highest BCUT2D eigenvalue weighted by molar-refractivity contribution is 7.98. The number of piperidine rings is 1. The number of anilines is 1. The number of carbonyl (C=O) groups excluding carboxylic acids is 3. The van der Waals surface area contributed by atoms with E-state index in [4.69, 9.17) is 4.74 Å². The minimum absolute atomic E-state index is 0.0147. The van der Waals surface area contributed by atoms with Crippen LogP contribution >= 0.6 is 11.8 Å². The highest BCUT2D eigenvalue weighted by Gasteiger charge is 2.32. The van der Waals surface area contributed by atoms with Crippen LogP contribution in [0.5, 0.6) is 0 Å². The molecule has 2 rings (SSSR count). The second-order valence-electron chi connectivity index (χ2n) is 8.44. The number of rotatable bonds is 7. The van der Waals surface area contributed by atoms with E-state index in [0.29, 0.717) is 32.4 Å². The largest absolute Gasteiger partial charge is 0.444 e. The number of nitrogens with one attached hydrogen (secondary N) is 2. The number of alkyl carbamates (subject to hydrolysis) is 1. The van der Waals surface area contributed by atoms with Crippen LogP contribution in [0.2, 0.25) is 0 Å². The van der Waals surface area contributed by atoms with Gasteiger partial charge in [0.05, 0.1) is 0 Å². The van der Waals surface area contributed by atoms with Gasteiger partial charge >= 0.3 is 6.09 Å². The molecule has 166 valence electrons. The first-order valence-electron chi connectivity index (χ1n) is 10.3. The van der Waals surface area contributed by atoms with Gasteiger partial charge in [0.2, 0.25) is 11.8 Å². The van der Waals surface area contributed by atoms with E-state index in [2.05, 4.69) is 10.6 Å². The Bertz CT molecular complexity index is 713. The van der Waals surface area contributed by atoms with Crippen LogP contribution < -0.4 is 10.6 Å². The lowest BCUT2D eigenvalue weighted by atomic mass is 9.95. The van der Waals surface area contributed by atoms with Crippen molar-refractivity contribution in [2.45, 2.75) is 51.7 Å². The summed E-state index contributed by atoms with van der Waals surface area (Å²) in [7, 11) is 0. The number of para-hydroxylation sites is 1. The molecule has 0 aromatic heterocycles. The maximum Gasteiger partial charge on any atom is 0.408 e. The minimum atomic E-state index is -0.623. The maximum atomic E-state index is 13.0. The van der Waals surface area contributed by atoms with E-state index in [9.17, 15) is 14.4 Å². The van der Waals surface area contributed by atoms with Crippen LogP contribution in [-0.4, -0.2) is 59.5 Å². The number of thioether (sulfide) groups is 1. The van der Waals surface area contributed by atoms with Crippen LogP contribution in [0, 0.1) is 5.92 Å². The molecule has 0 bridgehead atoms. The topological polar surface area (TPSA) is 87.7 Å². The summed E-state index contributed by atoms with van der Waals surface area (Å²) < 4.78 is 5.31. The first-order chi connectivity index (χ1) is 14.2. The number of carbonyl (C=O) groups is 3. The molecule has 2 N–H and O–H groups in total. The molecule has 1 aromatic rings. The molecule has 0 saturated carbocycles. The summed E-state index contributed by atoms with van der Waals surface area (Å²) in [6, 6.07) is 8.75. The zero-order valence-corrected chi connectivity index (χ0v) is 19.1. The van der Waals surface area contributed by atoms with E-state index in [0.717, 1.165) is 11.4 Å². The Morgan fingerprint density at radius 1 is 1.17 bits per heavy atom. The second-order valence-corrected chi connectivity index (χ2v) is 9.42. The van der Waals surface area contributed by atoms with E-state index in [1.165, 1.54) is 0 Å². The molecule has 0 aliphatic carbocycles. The molecule has 1 aliphatic heterocycles. The van der Waals surface area contributed by atoms with Crippen molar-refractivity contribution >= 4 is 35.4 Å². The molecule has 0 spiro atoms. The van der Waals surface area contributed by atoms with Crippen molar-refractivity contribution in [2.24, 2.45) is 5.92 Å². The summed E-state index contributed by atoms with van der Waals surface area (Å²) in [5.41, 5.74) is 0.154. The summed E-state index contributed by atoms with van der Waals surface area (Å²) in [6.45, 7) is 6.36. The number of hydrogen-bond donors (Lipinski definition) is 2. The Morgan fingerprint density at radius 3 is 2.37 bits per heavy atom. The molecule has 1 heterocycles. The maximum absolute atomic E-state index is 13.0. The normalized spacial score (nSPS) is 15.9. The van der Waals surface area contributed by atoms with Crippen LogP contribution in [0.15, 0.2) is 30.3 Å². The van der Waals surface area contributed by atoms with Gasteiger partial charge in [-0.25, -0.2) is 4.79 Å². The Hall–Kier alpha value is -2.22. The molecule has 1 fully saturated rings. The zero-order valence-electron chi connectivity index (χ0n) is 18.3. The lowest BCUT2D eigenvalue weighted by Gasteiger charge is -2.34. The van der Waals surface area contributed by atoms with Crippen molar-refractivity contribution in [2.75, 3.05) is 30.4 Å². The SMILES string of the molecule is CSCCC(NC(=O)OC(C)(C)C)C(=O)N1CCC(C(=O)Nc2ccccc2)CC1. The number of hydrogen-bond acceptors (Lipinski definition) is 5. The van der Waals surface area contributed by atoms with E-state index >= 15 is 0 Å². The first-order valence-corrected chi connectivity index (χ1v) is 11.7. The summed E-state index contributed by atoms with van der Waals surface area (Å²) in [5.74, 6) is 0.496. The first kappa shape index (κ1) is 24.1. The third kappa shape index (κ3) is 7.89. The van der Waals surface area contributed by atoms with E-state index in [1.54, 1.807) is 37.4 Å². The van der Waals surface area contributed by atoms with Crippen LogP contribution in [-0.2, 0) is 14.3 Å². The van der Waals surface area contributed by atoms with Gasteiger partial charge in [0.1, 0.15) is 11.6 Å². The molecule has 1 saturated heterocycles. The van der Waals surface area contributed by atoms with Gasteiger partial charge in [-0.05, 0) is 64.2 Å². The molecule has 1 unspecified atom stereocenters. The Morgan fingerprint density at radius 2 is 1.80 bits per heavy atom. The fourth-order valence-electron chi connectivity index (χ4n) is 3.29. The predicted octanol–water partition coefficient (Wildman–Crippen LogP) is 3.51. The van der Waals surface area contributed by atoms with Crippen LogP contribution in [0.3, 0.4) is 0 Å². The summed E-state index contributed by atoms with van der Waals surface area (Å²) in [6.07, 6.45) is 3.12. The standard InChI is InChI=1S/C22H33N3O4S/c1-22(2,3)29-21(28)24-18(12-15-30-4)20(27)25-13-10-16(11-14-25)19(26)23-17-8-6-5-7-9-17/h5-9,16,18H,10-15H2,1-4H3,(H,23,26)(H,24,28). The van der Waals surface area contributed by atoms with Crippen molar-refractivity contribution in [3.05, 3.63) is 30.3 Å². The van der Waals surface area contributed by atoms with Crippen molar-refractivity contribution in [3.8, 4) is 0 Å². The lowest BCUT2D eigenvalue weighted by molar-refractivity contribution is -0.136. The number of amides is 3. The molecule has 1 aromatic carbocycles. The van der Waals surface area contributed by atoms with Gasteiger partial charge in [-0.2, -0.15) is 11.8 Å². The average Bonchev–Trinajstić information content (AvgIpc) is 2.70. The van der Waals surface area contributed by atoms with E-state index < -0.39 is 17.7 Å². The summed E-state index contributed by atoms with van der Waals surface area (Å²) in [4.78, 5) is 39.4. The van der Waals surface area contributed by atoms with Gasteiger partial charge in [0.15, 0.2) is 0 Å². The Balaban J connectivity index is 1.89. The molecule has 7 nitrogen and oxygen atoms in total. The molecule has 30 heavy (non-hydrogen) atoms. The average molecular weight is 436 g/mol. The molecule has 8 heteroatoms. The molecule has 1 atom stereocenters. The lowest BCUT2D eigenvalue weighted by Crippen LogP contribution is -2.52. The Labute approximate surface area is 183 Å². The summed E-state index contributed by atoms with van der Waals surface area (Å²) in [5, 5.41) is 5.66. The molecular formula is C22H33N3O4S. The third-order valence-corrected chi connectivity index (χ3v) is 5.46. The number of likely N-dealkylation sites (tertiary alicyclic amines) is 1. The van der Waals surface area contributed by atoms with Crippen LogP contribution in [0.25, 0.3) is 0 Å². The fourth-order valence-corrected chi connectivity index (χ4v) is 3.76. The van der Waals surface area contributed by atoms with E-state index in [1.807, 2.05) is 36.6 Å². The van der Waals surface area contributed by atoms with Gasteiger partial charge in [0.25, 0.3) is 0 Å². The van der Waals surface area contributed by atoms with Crippen molar-refractivity contribution in [1.82, 2.24) is 10.2 Å². The molecule has 3 amide bonds. The summed E-state index contributed by atoms with van der Waals surface area (Å²) >= 11 is 1.62. The highest BCUT2D eigenvalue weighted by atomic mass is 32.2. The third-order valence-electron chi connectivity index (χ3n) is 4.82. The van der Waals surface area contributed by atoms with Crippen LogP contribution in [0.4, 0.5) is 10.5 Å². The predicted molar refractivity (Wildman–Crippen MR) is 121 cm³/mol. The fraction of sp³-hybridized carbons (Fsp3) is 0.591. The van der Waals surface area contributed by atoms with Gasteiger partial charge in [0, 0.05) is 24.7 Å². The van der Waals surface area contributed by atoms with Crippen LogP contribution in [0.1, 0.15) is 40.0 Å². The zero-order chi connectivity index (χ0) is 22.1. The number of nitrogens with zero attached hydrogens (tertiary/aromatic N) is 1. The van der Waals surface area contributed by atoms with Gasteiger partial charge < -0.3 is 20.3 Å². The smallest absolute Gasteiger partial charge is 0.408 e. The molecular weight excluding hydrogens is 402 g/mol. The van der Waals surface area contributed by atoms with Gasteiger partial charge in [-0.1, -0.05) is 18.2 Å². The second kappa shape index (κ2) is 11.2. The highest BCUT2D eigenvalue weighted by Crippen LogP contribution is 2.21. The monoisotopic (exact) mass is 435 g/mol. The van der Waals surface area contributed by atoms with Crippen molar-refractivity contribution in [1.29, 1.82) is 0 Å². The number of ether oxygens (including phenoxy) is 1. The van der Waals surface area contributed by atoms with Gasteiger partial charge in [-0.3, -0.25) is 9.59 Å². The van der Waals surface area contributed by atoms with Crippen molar-refractivity contribution < 1.29 is 19.1 Å². The quantitative estimate of drug-likeness (QED) is 0.684. The minimum Gasteiger partial charge on any atom is -0.444 e. The van der Waals surface area contributed by atoms with E-state index in [-0.39, 0.29) is 17.7 Å². The molecule has 0 radical (unpaired) electrons. The van der Waals surface area contributed by atoms with Gasteiger partial charge in [-0.15, -0.1) is 0 Å². The number of benzene rings is 1. The molecule has 1 aliphatic rings.